The summed E-state index contributed by atoms with van der Waals surface area (Å²) in [4.78, 5) is 37.8. The standard InChI is InChI=1S/C22H26N6O4S/c1-3-13-27-18(15-9-5-6-10-16(15)32-2)24-25-21(27)33-14-17(29)26-28-19(30)22(23-20(28)31)11-7-4-8-12-22/h3,5-6,9-10H,1,4,7-8,11-14H2,2H3,(H,23,31)(H,26,29). The molecule has 2 N–H and O–H groups in total. The third-order valence-corrected chi connectivity index (χ3v) is 6.78. The second kappa shape index (κ2) is 9.65. The van der Waals surface area contributed by atoms with E-state index in [9.17, 15) is 14.4 Å². The SMILES string of the molecule is C=CCn1c(SCC(=O)NN2C(=O)NC3(CCCCC3)C2=O)nnc1-c1ccccc1OC. The second-order valence-corrected chi connectivity index (χ2v) is 8.89. The number of hydrazine groups is 1. The van der Waals surface area contributed by atoms with E-state index >= 15 is 0 Å². The number of carbonyl (C=O) groups is 3. The Kier molecular flexibility index (Phi) is 6.68. The van der Waals surface area contributed by atoms with Crippen molar-refractivity contribution in [1.82, 2.24) is 30.5 Å². The highest BCUT2D eigenvalue weighted by Crippen LogP contribution is 2.33. The first-order chi connectivity index (χ1) is 16.0. The van der Waals surface area contributed by atoms with E-state index in [1.807, 2.05) is 28.8 Å². The number of allylic oxidation sites excluding steroid dienone is 1. The number of nitrogens with zero attached hydrogens (tertiary/aromatic N) is 4. The van der Waals surface area contributed by atoms with Crippen LogP contribution in [0.5, 0.6) is 5.75 Å². The molecule has 1 saturated heterocycles. The van der Waals surface area contributed by atoms with Gasteiger partial charge in [-0.05, 0) is 25.0 Å². The number of hydrogen-bond donors (Lipinski definition) is 2. The molecule has 4 amide bonds. The number of aromatic nitrogens is 3. The molecule has 2 aliphatic rings. The van der Waals surface area contributed by atoms with Crippen LogP contribution < -0.4 is 15.5 Å². The average Bonchev–Trinajstić information content (AvgIpc) is 3.32. The van der Waals surface area contributed by atoms with Crippen molar-refractivity contribution in [2.75, 3.05) is 12.9 Å². The molecule has 4 rings (SSSR count). The van der Waals surface area contributed by atoms with Gasteiger partial charge in [0.1, 0.15) is 11.3 Å². The maximum absolute atomic E-state index is 12.8. The first-order valence-electron chi connectivity index (χ1n) is 10.8. The maximum atomic E-state index is 12.8. The van der Waals surface area contributed by atoms with E-state index in [2.05, 4.69) is 27.5 Å². The van der Waals surface area contributed by atoms with Crippen molar-refractivity contribution < 1.29 is 19.1 Å². The second-order valence-electron chi connectivity index (χ2n) is 7.94. The van der Waals surface area contributed by atoms with E-state index in [1.165, 1.54) is 0 Å². The monoisotopic (exact) mass is 470 g/mol. The minimum Gasteiger partial charge on any atom is -0.496 e. The number of benzene rings is 1. The molecule has 10 nitrogen and oxygen atoms in total. The number of para-hydroxylation sites is 1. The van der Waals surface area contributed by atoms with Crippen molar-refractivity contribution in [2.24, 2.45) is 0 Å². The zero-order chi connectivity index (χ0) is 23.4. The molecule has 11 heteroatoms. The lowest BCUT2D eigenvalue weighted by Crippen LogP contribution is -2.51. The molecule has 174 valence electrons. The molecule has 0 unspecified atom stereocenters. The molecular weight excluding hydrogens is 444 g/mol. The summed E-state index contributed by atoms with van der Waals surface area (Å²) in [5, 5.41) is 12.6. The lowest BCUT2D eigenvalue weighted by molar-refractivity contribution is -0.139. The predicted octanol–water partition coefficient (Wildman–Crippen LogP) is 2.52. The van der Waals surface area contributed by atoms with Crippen molar-refractivity contribution in [1.29, 1.82) is 0 Å². The van der Waals surface area contributed by atoms with E-state index in [0.29, 0.717) is 36.1 Å². The van der Waals surface area contributed by atoms with Gasteiger partial charge in [0, 0.05) is 6.54 Å². The van der Waals surface area contributed by atoms with Gasteiger partial charge in [-0.3, -0.25) is 19.6 Å². The fourth-order valence-electron chi connectivity index (χ4n) is 4.22. The Morgan fingerprint density at radius 3 is 2.76 bits per heavy atom. The predicted molar refractivity (Wildman–Crippen MR) is 122 cm³/mol. The summed E-state index contributed by atoms with van der Waals surface area (Å²) in [6.07, 6.45) is 5.68. The van der Waals surface area contributed by atoms with Gasteiger partial charge < -0.3 is 10.1 Å². The molecule has 2 heterocycles. The van der Waals surface area contributed by atoms with Gasteiger partial charge in [0.25, 0.3) is 5.91 Å². The fraction of sp³-hybridized carbons (Fsp3) is 0.409. The third kappa shape index (κ3) is 4.45. The van der Waals surface area contributed by atoms with Gasteiger partial charge in [-0.1, -0.05) is 49.2 Å². The van der Waals surface area contributed by atoms with Crippen LogP contribution in [0.25, 0.3) is 11.4 Å². The van der Waals surface area contributed by atoms with Crippen molar-refractivity contribution in [2.45, 2.75) is 49.3 Å². The Balaban J connectivity index is 1.44. The molecule has 0 atom stereocenters. The number of hydrogen-bond acceptors (Lipinski definition) is 7. The van der Waals surface area contributed by atoms with Crippen LogP contribution in [0.4, 0.5) is 4.79 Å². The average molecular weight is 471 g/mol. The number of amides is 4. The summed E-state index contributed by atoms with van der Waals surface area (Å²) in [6.45, 7) is 4.22. The number of ether oxygens (including phenoxy) is 1. The Morgan fingerprint density at radius 2 is 2.03 bits per heavy atom. The zero-order valence-corrected chi connectivity index (χ0v) is 19.2. The third-order valence-electron chi connectivity index (χ3n) is 5.81. The fourth-order valence-corrected chi connectivity index (χ4v) is 4.96. The number of methoxy groups -OCH3 is 1. The lowest BCUT2D eigenvalue weighted by atomic mass is 9.82. The molecule has 1 aromatic carbocycles. The molecule has 2 fully saturated rings. The Labute approximate surface area is 195 Å². The summed E-state index contributed by atoms with van der Waals surface area (Å²) >= 11 is 1.16. The molecule has 0 radical (unpaired) electrons. The molecule has 1 saturated carbocycles. The van der Waals surface area contributed by atoms with Crippen molar-refractivity contribution in [3.8, 4) is 17.1 Å². The van der Waals surface area contributed by atoms with Crippen LogP contribution >= 0.6 is 11.8 Å². The molecule has 0 bridgehead atoms. The van der Waals surface area contributed by atoms with Gasteiger partial charge in [-0.2, -0.15) is 5.01 Å². The van der Waals surface area contributed by atoms with Crippen LogP contribution in [0.3, 0.4) is 0 Å². The lowest BCUT2D eigenvalue weighted by Gasteiger charge is -2.30. The summed E-state index contributed by atoms with van der Waals surface area (Å²) in [6, 6.07) is 6.86. The van der Waals surface area contributed by atoms with Crippen LogP contribution in [-0.2, 0) is 16.1 Å². The topological polar surface area (TPSA) is 118 Å². The minimum absolute atomic E-state index is 0.0503. The number of imide groups is 1. The van der Waals surface area contributed by atoms with Gasteiger partial charge in [0.15, 0.2) is 11.0 Å². The highest BCUT2D eigenvalue weighted by atomic mass is 32.2. The Bertz CT molecular complexity index is 1080. The molecule has 1 aromatic heterocycles. The maximum Gasteiger partial charge on any atom is 0.344 e. The van der Waals surface area contributed by atoms with Crippen LogP contribution in [-0.4, -0.2) is 56.0 Å². The largest absolute Gasteiger partial charge is 0.496 e. The van der Waals surface area contributed by atoms with E-state index < -0.39 is 17.5 Å². The highest BCUT2D eigenvalue weighted by molar-refractivity contribution is 7.99. The van der Waals surface area contributed by atoms with Gasteiger partial charge >= 0.3 is 6.03 Å². The number of thioether (sulfide) groups is 1. The van der Waals surface area contributed by atoms with E-state index in [4.69, 9.17) is 4.74 Å². The molecular formula is C22H26N6O4S. The number of urea groups is 1. The Morgan fingerprint density at radius 1 is 1.27 bits per heavy atom. The summed E-state index contributed by atoms with van der Waals surface area (Å²) in [5.41, 5.74) is 2.32. The van der Waals surface area contributed by atoms with Gasteiger partial charge in [0.05, 0.1) is 18.4 Å². The van der Waals surface area contributed by atoms with Crippen LogP contribution in [0, 0.1) is 0 Å². The number of carbonyl (C=O) groups excluding carboxylic acids is 3. The summed E-state index contributed by atoms with van der Waals surface area (Å²) in [5.74, 6) is 0.316. The highest BCUT2D eigenvalue weighted by Gasteiger charge is 2.52. The van der Waals surface area contributed by atoms with Gasteiger partial charge in [0.2, 0.25) is 5.91 Å². The molecule has 1 aliphatic heterocycles. The first kappa shape index (κ1) is 22.8. The normalized spacial score (nSPS) is 17.2. The molecule has 1 spiro atoms. The number of rotatable bonds is 8. The molecule has 1 aliphatic carbocycles. The Hall–Kier alpha value is -3.34. The smallest absolute Gasteiger partial charge is 0.344 e. The number of nitrogens with one attached hydrogen (secondary N) is 2. The quantitative estimate of drug-likeness (QED) is 0.346. The zero-order valence-electron chi connectivity index (χ0n) is 18.4. The van der Waals surface area contributed by atoms with Gasteiger partial charge in [-0.15, -0.1) is 16.8 Å². The van der Waals surface area contributed by atoms with E-state index in [-0.39, 0.29) is 11.7 Å². The minimum atomic E-state index is -0.885. The molecule has 2 aromatic rings. The van der Waals surface area contributed by atoms with Crippen LogP contribution in [0.1, 0.15) is 32.1 Å². The van der Waals surface area contributed by atoms with E-state index in [1.54, 1.807) is 13.2 Å². The first-order valence-corrected chi connectivity index (χ1v) is 11.7. The van der Waals surface area contributed by atoms with Crippen molar-refractivity contribution >= 4 is 29.6 Å². The van der Waals surface area contributed by atoms with E-state index in [0.717, 1.165) is 41.6 Å². The van der Waals surface area contributed by atoms with Gasteiger partial charge in [-0.25, -0.2) is 4.79 Å². The van der Waals surface area contributed by atoms with Crippen molar-refractivity contribution in [3.63, 3.8) is 0 Å². The van der Waals surface area contributed by atoms with Crippen LogP contribution in [0.2, 0.25) is 0 Å². The summed E-state index contributed by atoms with van der Waals surface area (Å²) in [7, 11) is 1.58. The molecule has 33 heavy (non-hydrogen) atoms. The van der Waals surface area contributed by atoms with Crippen molar-refractivity contribution in [3.05, 3.63) is 36.9 Å². The summed E-state index contributed by atoms with van der Waals surface area (Å²) < 4.78 is 7.26. The van der Waals surface area contributed by atoms with Crippen LogP contribution in [0.15, 0.2) is 42.1 Å².